The SMILES string of the molecule is COc1cc(C(=O)CC2([C@H](C)N)C=CC=CC2)cc(OC)c1OC.Cl. The van der Waals surface area contributed by atoms with Crippen molar-refractivity contribution in [2.24, 2.45) is 11.1 Å². The van der Waals surface area contributed by atoms with Crippen molar-refractivity contribution in [1.82, 2.24) is 0 Å². The topological polar surface area (TPSA) is 70.8 Å². The van der Waals surface area contributed by atoms with Crippen molar-refractivity contribution in [1.29, 1.82) is 0 Å². The molecule has 0 aliphatic heterocycles. The molecule has 1 unspecified atom stereocenters. The highest BCUT2D eigenvalue weighted by atomic mass is 35.5. The van der Waals surface area contributed by atoms with Gasteiger partial charge >= 0.3 is 0 Å². The lowest BCUT2D eigenvalue weighted by molar-refractivity contribution is 0.0923. The van der Waals surface area contributed by atoms with Gasteiger partial charge in [-0.2, -0.15) is 0 Å². The Morgan fingerprint density at radius 3 is 2.16 bits per heavy atom. The summed E-state index contributed by atoms with van der Waals surface area (Å²) in [5.74, 6) is 1.40. The van der Waals surface area contributed by atoms with Gasteiger partial charge < -0.3 is 19.9 Å². The summed E-state index contributed by atoms with van der Waals surface area (Å²) in [6, 6.07) is 3.23. The highest BCUT2D eigenvalue weighted by Gasteiger charge is 2.34. The van der Waals surface area contributed by atoms with E-state index in [1.165, 1.54) is 21.3 Å². The van der Waals surface area contributed by atoms with E-state index in [1.54, 1.807) is 12.1 Å². The maximum atomic E-state index is 12.9. The molecule has 0 bridgehead atoms. The van der Waals surface area contributed by atoms with Gasteiger partial charge in [-0.05, 0) is 25.5 Å². The Balaban J connectivity index is 0.00000312. The van der Waals surface area contributed by atoms with E-state index in [-0.39, 0.29) is 29.6 Å². The molecule has 1 aliphatic rings. The average molecular weight is 368 g/mol. The van der Waals surface area contributed by atoms with Crippen LogP contribution >= 0.6 is 12.4 Å². The number of halogens is 1. The summed E-state index contributed by atoms with van der Waals surface area (Å²) in [5, 5.41) is 0. The number of carbonyl (C=O) groups excluding carboxylic acids is 1. The monoisotopic (exact) mass is 367 g/mol. The molecule has 0 amide bonds. The molecule has 0 saturated heterocycles. The predicted molar refractivity (Wildman–Crippen MR) is 101 cm³/mol. The van der Waals surface area contributed by atoms with Gasteiger partial charge in [-0.25, -0.2) is 0 Å². The first-order valence-corrected chi connectivity index (χ1v) is 7.90. The molecule has 0 heterocycles. The summed E-state index contributed by atoms with van der Waals surface area (Å²) < 4.78 is 15.9. The van der Waals surface area contributed by atoms with Crippen molar-refractivity contribution in [2.45, 2.75) is 25.8 Å². The third-order valence-electron chi connectivity index (χ3n) is 4.56. The van der Waals surface area contributed by atoms with Crippen molar-refractivity contribution in [3.05, 3.63) is 42.0 Å². The molecule has 1 aromatic carbocycles. The summed E-state index contributed by atoms with van der Waals surface area (Å²) in [4.78, 5) is 12.9. The fourth-order valence-corrected chi connectivity index (χ4v) is 2.95. The predicted octanol–water partition coefficient (Wildman–Crippen LogP) is 3.56. The Bertz CT molecular complexity index is 644. The zero-order valence-electron chi connectivity index (χ0n) is 15.1. The summed E-state index contributed by atoms with van der Waals surface area (Å²) in [6.07, 6.45) is 9.08. The standard InChI is InChI=1S/C19H25NO4.ClH/c1-13(20)19(8-6-5-7-9-19)12-15(21)14-10-16(22-2)18(24-4)17(11-14)23-3;/h5-8,10-11,13H,9,12,20H2,1-4H3;1H/t13-,19?;/m0./s1. The largest absolute Gasteiger partial charge is 0.493 e. The molecule has 138 valence electrons. The van der Waals surface area contributed by atoms with Crippen LogP contribution in [0, 0.1) is 5.41 Å². The molecule has 0 radical (unpaired) electrons. The fraction of sp³-hybridized carbons (Fsp3) is 0.421. The van der Waals surface area contributed by atoms with Gasteiger partial charge in [0.15, 0.2) is 17.3 Å². The molecule has 6 heteroatoms. The van der Waals surface area contributed by atoms with E-state index in [2.05, 4.69) is 0 Å². The number of allylic oxidation sites excluding steroid dienone is 3. The molecule has 25 heavy (non-hydrogen) atoms. The van der Waals surface area contributed by atoms with Crippen LogP contribution < -0.4 is 19.9 Å². The van der Waals surface area contributed by atoms with Gasteiger partial charge in [0.05, 0.1) is 21.3 Å². The molecule has 0 saturated carbocycles. The summed E-state index contributed by atoms with van der Waals surface area (Å²) in [7, 11) is 4.60. The average Bonchev–Trinajstić information content (AvgIpc) is 2.60. The highest BCUT2D eigenvalue weighted by molar-refractivity contribution is 5.98. The van der Waals surface area contributed by atoms with Gasteiger partial charge in [0.2, 0.25) is 5.75 Å². The number of methoxy groups -OCH3 is 3. The molecule has 5 nitrogen and oxygen atoms in total. The quantitative estimate of drug-likeness (QED) is 0.746. The minimum absolute atomic E-state index is 0. The number of hydrogen-bond acceptors (Lipinski definition) is 5. The second kappa shape index (κ2) is 8.92. The highest BCUT2D eigenvalue weighted by Crippen LogP contribution is 2.40. The number of hydrogen-bond donors (Lipinski definition) is 1. The molecule has 0 spiro atoms. The van der Waals surface area contributed by atoms with E-state index < -0.39 is 0 Å². The molecular weight excluding hydrogens is 342 g/mol. The third kappa shape index (κ3) is 4.35. The number of carbonyl (C=O) groups is 1. The third-order valence-corrected chi connectivity index (χ3v) is 4.56. The summed E-state index contributed by atoms with van der Waals surface area (Å²) in [6.45, 7) is 1.94. The fourth-order valence-electron chi connectivity index (χ4n) is 2.95. The summed E-state index contributed by atoms with van der Waals surface area (Å²) in [5.41, 5.74) is 6.33. The van der Waals surface area contributed by atoms with Gasteiger partial charge in [-0.3, -0.25) is 4.79 Å². The van der Waals surface area contributed by atoms with Crippen molar-refractivity contribution in [2.75, 3.05) is 21.3 Å². The number of ether oxygens (including phenoxy) is 3. The first-order valence-electron chi connectivity index (χ1n) is 7.90. The second-order valence-electron chi connectivity index (χ2n) is 6.03. The Hall–Kier alpha value is -1.98. The number of rotatable bonds is 7. The summed E-state index contributed by atoms with van der Waals surface area (Å²) >= 11 is 0. The molecule has 1 aromatic rings. The van der Waals surface area contributed by atoms with Gasteiger partial charge in [0.1, 0.15) is 0 Å². The van der Waals surface area contributed by atoms with Gasteiger partial charge in [-0.1, -0.05) is 24.3 Å². The Labute approximate surface area is 155 Å². The second-order valence-corrected chi connectivity index (χ2v) is 6.03. The van der Waals surface area contributed by atoms with E-state index >= 15 is 0 Å². The van der Waals surface area contributed by atoms with Gasteiger partial charge in [0, 0.05) is 23.4 Å². The molecule has 2 rings (SSSR count). The smallest absolute Gasteiger partial charge is 0.203 e. The first kappa shape index (κ1) is 21.1. The van der Waals surface area contributed by atoms with Gasteiger partial charge in [0.25, 0.3) is 0 Å². The van der Waals surface area contributed by atoms with Crippen LogP contribution in [0.4, 0.5) is 0 Å². The molecule has 0 aromatic heterocycles. The molecule has 0 fully saturated rings. The van der Waals surface area contributed by atoms with Crippen LogP contribution in [-0.4, -0.2) is 33.2 Å². The van der Waals surface area contributed by atoms with Crippen LogP contribution in [0.15, 0.2) is 36.4 Å². The Kier molecular flexibility index (Phi) is 7.52. The van der Waals surface area contributed by atoms with Crippen LogP contribution in [-0.2, 0) is 0 Å². The number of nitrogens with two attached hydrogens (primary N) is 1. The lowest BCUT2D eigenvalue weighted by atomic mass is 9.72. The van der Waals surface area contributed by atoms with Gasteiger partial charge in [-0.15, -0.1) is 12.4 Å². The molecular formula is C19H26ClNO4. The van der Waals surface area contributed by atoms with Crippen LogP contribution in [0.1, 0.15) is 30.1 Å². The maximum Gasteiger partial charge on any atom is 0.203 e. The van der Waals surface area contributed by atoms with E-state index in [0.29, 0.717) is 29.2 Å². The lowest BCUT2D eigenvalue weighted by Gasteiger charge is -2.34. The van der Waals surface area contributed by atoms with E-state index in [1.807, 2.05) is 31.2 Å². The van der Waals surface area contributed by atoms with Crippen LogP contribution in [0.5, 0.6) is 17.2 Å². The first-order chi connectivity index (χ1) is 11.5. The minimum atomic E-state index is -0.369. The molecule has 2 N–H and O–H groups in total. The minimum Gasteiger partial charge on any atom is -0.493 e. The van der Waals surface area contributed by atoms with Crippen molar-refractivity contribution in [3.63, 3.8) is 0 Å². The van der Waals surface area contributed by atoms with Crippen molar-refractivity contribution in [3.8, 4) is 17.2 Å². The van der Waals surface area contributed by atoms with E-state index in [4.69, 9.17) is 19.9 Å². The van der Waals surface area contributed by atoms with Crippen molar-refractivity contribution >= 4 is 18.2 Å². The van der Waals surface area contributed by atoms with Crippen LogP contribution in [0.3, 0.4) is 0 Å². The van der Waals surface area contributed by atoms with Crippen LogP contribution in [0.2, 0.25) is 0 Å². The number of benzene rings is 1. The van der Waals surface area contributed by atoms with Crippen LogP contribution in [0.25, 0.3) is 0 Å². The number of ketones is 1. The molecule has 2 atom stereocenters. The molecule has 1 aliphatic carbocycles. The van der Waals surface area contributed by atoms with E-state index in [9.17, 15) is 4.79 Å². The van der Waals surface area contributed by atoms with E-state index in [0.717, 1.165) is 6.42 Å². The zero-order chi connectivity index (χ0) is 17.7. The van der Waals surface area contributed by atoms with Crippen molar-refractivity contribution < 1.29 is 19.0 Å². The maximum absolute atomic E-state index is 12.9. The Morgan fingerprint density at radius 1 is 1.16 bits per heavy atom. The lowest BCUT2D eigenvalue weighted by Crippen LogP contribution is -2.40. The normalized spacial score (nSPS) is 19.7. The number of Topliss-reactive ketones (excluding diaryl/α,β-unsaturated/α-hetero) is 1. The zero-order valence-corrected chi connectivity index (χ0v) is 15.9. The Morgan fingerprint density at radius 2 is 1.76 bits per heavy atom.